The highest BCUT2D eigenvalue weighted by Crippen LogP contribution is 2.14. The first-order valence-electron chi connectivity index (χ1n) is 5.93. The molecule has 1 heterocycles. The Hall–Kier alpha value is -2.46. The van der Waals surface area contributed by atoms with Gasteiger partial charge in [0.1, 0.15) is 11.0 Å². The molecule has 0 aliphatic carbocycles. The van der Waals surface area contributed by atoms with Crippen molar-refractivity contribution in [2.75, 3.05) is 0 Å². The quantitative estimate of drug-likeness (QED) is 0.542. The second-order valence-corrected chi connectivity index (χ2v) is 4.65. The van der Waals surface area contributed by atoms with E-state index in [1.165, 1.54) is 6.08 Å². The molecule has 0 N–H and O–H groups in total. The van der Waals surface area contributed by atoms with Crippen LogP contribution in [-0.2, 0) is 0 Å². The lowest BCUT2D eigenvalue weighted by molar-refractivity contribution is 0.104. The van der Waals surface area contributed by atoms with Crippen molar-refractivity contribution in [1.29, 1.82) is 0 Å². The summed E-state index contributed by atoms with van der Waals surface area (Å²) in [4.78, 5) is 12.0. The van der Waals surface area contributed by atoms with Crippen molar-refractivity contribution in [3.63, 3.8) is 0 Å². The second-order valence-electron chi connectivity index (χ2n) is 4.22. The van der Waals surface area contributed by atoms with Crippen LogP contribution in [0.3, 0.4) is 0 Å². The Morgan fingerprint density at radius 2 is 1.80 bits per heavy atom. The summed E-state index contributed by atoms with van der Waals surface area (Å²) in [6, 6.07) is 12.2. The number of carbonyl (C=O) groups is 1. The van der Waals surface area contributed by atoms with Crippen molar-refractivity contribution in [2.24, 2.45) is 0 Å². The van der Waals surface area contributed by atoms with Gasteiger partial charge in [-0.2, -0.15) is 0 Å². The number of allylic oxidation sites excluding steroid dienone is 1. The largest absolute Gasteiger partial charge is 0.289 e. The number of hydrogen-bond acceptors (Lipinski definition) is 4. The third-order valence-corrected chi connectivity index (χ3v) is 3.09. The van der Waals surface area contributed by atoms with Crippen LogP contribution in [0.4, 0.5) is 0 Å². The fraction of sp³-hybridized carbons (Fsp3) is 0. The molecule has 0 atom stereocenters. The second kappa shape index (κ2) is 5.27. The molecule has 98 valence electrons. The van der Waals surface area contributed by atoms with Crippen LogP contribution in [-0.4, -0.2) is 16.1 Å². The van der Waals surface area contributed by atoms with Crippen molar-refractivity contribution in [3.05, 3.63) is 64.7 Å². The Morgan fingerprint density at radius 1 is 1.05 bits per heavy atom. The van der Waals surface area contributed by atoms with Crippen molar-refractivity contribution in [2.45, 2.75) is 0 Å². The summed E-state index contributed by atoms with van der Waals surface area (Å²) in [5.41, 5.74) is 2.79. The maximum absolute atomic E-state index is 12.0. The fourth-order valence-electron chi connectivity index (χ4n) is 1.79. The number of benzene rings is 2. The minimum atomic E-state index is -0.0833. The molecule has 0 unspecified atom stereocenters. The Morgan fingerprint density at radius 3 is 2.60 bits per heavy atom. The molecule has 0 radical (unpaired) electrons. The third kappa shape index (κ3) is 2.60. The average Bonchev–Trinajstić information content (AvgIpc) is 2.93. The normalized spacial score (nSPS) is 11.2. The molecule has 3 rings (SSSR count). The van der Waals surface area contributed by atoms with Gasteiger partial charge in [-0.1, -0.05) is 23.7 Å². The van der Waals surface area contributed by atoms with Gasteiger partial charge >= 0.3 is 0 Å². The molecular weight excluding hydrogens is 276 g/mol. The molecular formula is C15H9ClN2O2. The average molecular weight is 285 g/mol. The van der Waals surface area contributed by atoms with E-state index >= 15 is 0 Å². The van der Waals surface area contributed by atoms with Crippen LogP contribution in [0.5, 0.6) is 0 Å². The van der Waals surface area contributed by atoms with Crippen molar-refractivity contribution in [3.8, 4) is 0 Å². The third-order valence-electron chi connectivity index (χ3n) is 2.83. The van der Waals surface area contributed by atoms with E-state index in [4.69, 9.17) is 11.6 Å². The number of ketones is 1. The molecule has 5 heteroatoms. The van der Waals surface area contributed by atoms with Crippen LogP contribution < -0.4 is 0 Å². The molecule has 4 nitrogen and oxygen atoms in total. The van der Waals surface area contributed by atoms with Crippen molar-refractivity contribution >= 4 is 34.5 Å². The number of hydrogen-bond donors (Lipinski definition) is 0. The van der Waals surface area contributed by atoms with Crippen LogP contribution >= 0.6 is 11.6 Å². The molecule has 0 aliphatic rings. The van der Waals surface area contributed by atoms with E-state index < -0.39 is 0 Å². The van der Waals surface area contributed by atoms with Crippen LogP contribution in [0, 0.1) is 0 Å². The van der Waals surface area contributed by atoms with Gasteiger partial charge in [-0.05, 0) is 58.4 Å². The maximum Gasteiger partial charge on any atom is 0.185 e. The lowest BCUT2D eigenvalue weighted by atomic mass is 10.1. The molecule has 0 amide bonds. The van der Waals surface area contributed by atoms with Gasteiger partial charge in [-0.25, -0.2) is 4.63 Å². The van der Waals surface area contributed by atoms with Crippen LogP contribution in [0.1, 0.15) is 15.9 Å². The number of nitrogens with zero attached hydrogens (tertiary/aromatic N) is 2. The highest BCUT2D eigenvalue weighted by molar-refractivity contribution is 6.30. The number of carbonyl (C=O) groups excluding carboxylic acids is 1. The molecule has 0 saturated carbocycles. The fourth-order valence-corrected chi connectivity index (χ4v) is 1.91. The topological polar surface area (TPSA) is 56.0 Å². The maximum atomic E-state index is 12.0. The number of rotatable bonds is 3. The van der Waals surface area contributed by atoms with Crippen LogP contribution in [0.15, 0.2) is 53.2 Å². The molecule has 0 aliphatic heterocycles. The van der Waals surface area contributed by atoms with Gasteiger partial charge in [-0.3, -0.25) is 4.79 Å². The molecule has 0 bridgehead atoms. The Labute approximate surface area is 119 Å². The summed E-state index contributed by atoms with van der Waals surface area (Å²) < 4.78 is 4.62. The molecule has 3 aromatic rings. The van der Waals surface area contributed by atoms with Gasteiger partial charge in [0.15, 0.2) is 5.78 Å². The molecule has 2 aromatic carbocycles. The lowest BCUT2D eigenvalue weighted by Gasteiger charge is -1.96. The molecule has 0 fully saturated rings. The van der Waals surface area contributed by atoms with Gasteiger partial charge in [0.05, 0.1) is 0 Å². The predicted molar refractivity (Wildman–Crippen MR) is 76.6 cm³/mol. The molecule has 0 saturated heterocycles. The minimum absolute atomic E-state index is 0.0833. The summed E-state index contributed by atoms with van der Waals surface area (Å²) in [5.74, 6) is -0.0833. The van der Waals surface area contributed by atoms with E-state index in [9.17, 15) is 4.79 Å². The lowest BCUT2D eigenvalue weighted by Crippen LogP contribution is -1.93. The van der Waals surface area contributed by atoms with Gasteiger partial charge < -0.3 is 0 Å². The smallest absolute Gasteiger partial charge is 0.185 e. The van der Waals surface area contributed by atoms with Crippen molar-refractivity contribution in [1.82, 2.24) is 10.3 Å². The molecule has 0 spiro atoms. The summed E-state index contributed by atoms with van der Waals surface area (Å²) >= 11 is 5.78. The highest BCUT2D eigenvalue weighted by Gasteiger charge is 2.02. The predicted octanol–water partition coefficient (Wildman–Crippen LogP) is 3.77. The van der Waals surface area contributed by atoms with E-state index in [2.05, 4.69) is 14.9 Å². The standard InChI is InChI=1S/C15H9ClN2O2/c16-12-5-3-11(4-6-12)15(19)8-2-10-1-7-13-14(9-10)18-20-17-13/h1-9H/b8-2+. The minimum Gasteiger partial charge on any atom is -0.289 e. The summed E-state index contributed by atoms with van der Waals surface area (Å²) in [6.07, 6.45) is 3.24. The van der Waals surface area contributed by atoms with Gasteiger partial charge in [-0.15, -0.1) is 0 Å². The van der Waals surface area contributed by atoms with Crippen LogP contribution in [0.2, 0.25) is 5.02 Å². The zero-order valence-electron chi connectivity index (χ0n) is 10.3. The first-order chi connectivity index (χ1) is 9.72. The molecule has 1 aromatic heterocycles. The zero-order chi connectivity index (χ0) is 13.9. The summed E-state index contributed by atoms with van der Waals surface area (Å²) in [7, 11) is 0. The number of halogens is 1. The Kier molecular flexibility index (Phi) is 3.31. The van der Waals surface area contributed by atoms with E-state index in [0.29, 0.717) is 21.6 Å². The molecule has 20 heavy (non-hydrogen) atoms. The Bertz CT molecular complexity index is 791. The zero-order valence-corrected chi connectivity index (χ0v) is 11.0. The Balaban J connectivity index is 1.82. The van der Waals surface area contributed by atoms with E-state index in [-0.39, 0.29) is 5.78 Å². The van der Waals surface area contributed by atoms with E-state index in [0.717, 1.165) is 5.56 Å². The van der Waals surface area contributed by atoms with E-state index in [1.807, 2.05) is 6.07 Å². The number of aromatic nitrogens is 2. The number of fused-ring (bicyclic) bond motifs is 1. The summed E-state index contributed by atoms with van der Waals surface area (Å²) in [6.45, 7) is 0. The monoisotopic (exact) mass is 284 g/mol. The van der Waals surface area contributed by atoms with Gasteiger partial charge in [0.2, 0.25) is 0 Å². The highest BCUT2D eigenvalue weighted by atomic mass is 35.5. The van der Waals surface area contributed by atoms with Crippen molar-refractivity contribution < 1.29 is 9.42 Å². The van der Waals surface area contributed by atoms with E-state index in [1.54, 1.807) is 42.5 Å². The van der Waals surface area contributed by atoms with Gasteiger partial charge in [0, 0.05) is 10.6 Å². The summed E-state index contributed by atoms with van der Waals surface area (Å²) in [5, 5.41) is 8.08. The van der Waals surface area contributed by atoms with Gasteiger partial charge in [0.25, 0.3) is 0 Å². The first-order valence-corrected chi connectivity index (χ1v) is 6.30. The van der Waals surface area contributed by atoms with Crippen LogP contribution in [0.25, 0.3) is 17.1 Å². The first kappa shape index (κ1) is 12.6. The SMILES string of the molecule is O=C(/C=C/c1ccc2nonc2c1)c1ccc(Cl)cc1.